The van der Waals surface area contributed by atoms with Gasteiger partial charge in [-0.3, -0.25) is 9.59 Å². The number of nitrogens with zero attached hydrogens (tertiary/aromatic N) is 1. The van der Waals surface area contributed by atoms with Crippen molar-refractivity contribution < 1.29 is 22.7 Å². The summed E-state index contributed by atoms with van der Waals surface area (Å²) in [5.74, 6) is -1.23. The average Bonchev–Trinajstić information content (AvgIpc) is 2.86. The standard InChI is InChI=1S/C16H18N2O5S/c1-11(16(20)18-14-4-2-12(9-17)3-5-14)23-15(19)8-13-6-7-24(21,22)10-13/h2-5,11,13H,6-8,10H2,1H3,(H,18,20)/t11-,13+/m0/s1. The largest absolute Gasteiger partial charge is 0.453 e. The molecule has 1 aromatic rings. The van der Waals surface area contributed by atoms with E-state index in [9.17, 15) is 18.0 Å². The monoisotopic (exact) mass is 350 g/mol. The lowest BCUT2D eigenvalue weighted by Gasteiger charge is -2.15. The molecule has 0 spiro atoms. The Morgan fingerprint density at radius 2 is 2.04 bits per heavy atom. The molecule has 1 aliphatic heterocycles. The summed E-state index contributed by atoms with van der Waals surface area (Å²) in [6, 6.07) is 8.25. The minimum atomic E-state index is -3.04. The Morgan fingerprint density at radius 3 is 2.58 bits per heavy atom. The molecule has 7 nitrogen and oxygen atoms in total. The van der Waals surface area contributed by atoms with E-state index in [1.54, 1.807) is 24.3 Å². The number of esters is 1. The summed E-state index contributed by atoms with van der Waals surface area (Å²) in [6.07, 6.45) is -0.553. The number of amides is 1. The molecular weight excluding hydrogens is 332 g/mol. The van der Waals surface area contributed by atoms with Gasteiger partial charge in [-0.2, -0.15) is 5.26 Å². The summed E-state index contributed by atoms with van der Waals surface area (Å²) in [6.45, 7) is 1.45. The maximum Gasteiger partial charge on any atom is 0.306 e. The number of rotatable bonds is 5. The molecule has 1 heterocycles. The second kappa shape index (κ2) is 7.45. The summed E-state index contributed by atoms with van der Waals surface area (Å²) < 4.78 is 27.8. The lowest BCUT2D eigenvalue weighted by molar-refractivity contribution is -0.153. The molecule has 0 saturated carbocycles. The van der Waals surface area contributed by atoms with Gasteiger partial charge in [0.15, 0.2) is 15.9 Å². The van der Waals surface area contributed by atoms with Gasteiger partial charge in [0, 0.05) is 12.1 Å². The van der Waals surface area contributed by atoms with Gasteiger partial charge in [0.05, 0.1) is 23.1 Å². The molecule has 2 atom stereocenters. The molecule has 1 N–H and O–H groups in total. The Morgan fingerprint density at radius 1 is 1.38 bits per heavy atom. The quantitative estimate of drug-likeness (QED) is 0.800. The number of hydrogen-bond donors (Lipinski definition) is 1. The van der Waals surface area contributed by atoms with Crippen molar-refractivity contribution in [3.63, 3.8) is 0 Å². The lowest BCUT2D eigenvalue weighted by Crippen LogP contribution is -2.30. The number of benzene rings is 1. The van der Waals surface area contributed by atoms with Gasteiger partial charge >= 0.3 is 5.97 Å². The number of hydrogen-bond acceptors (Lipinski definition) is 6. The SMILES string of the molecule is C[C@H](OC(=O)C[C@H]1CCS(=O)(=O)C1)C(=O)Nc1ccc(C#N)cc1. The molecule has 0 aromatic heterocycles. The Labute approximate surface area is 140 Å². The van der Waals surface area contributed by atoms with Crippen LogP contribution in [0.4, 0.5) is 5.69 Å². The Hall–Kier alpha value is -2.40. The van der Waals surface area contributed by atoms with E-state index in [1.165, 1.54) is 6.92 Å². The van der Waals surface area contributed by atoms with E-state index in [0.29, 0.717) is 17.7 Å². The molecule has 8 heteroatoms. The van der Waals surface area contributed by atoms with Crippen molar-refractivity contribution in [3.05, 3.63) is 29.8 Å². The Bertz CT molecular complexity index is 765. The molecule has 1 aromatic carbocycles. The van der Waals surface area contributed by atoms with Crippen molar-refractivity contribution in [1.82, 2.24) is 0 Å². The highest BCUT2D eigenvalue weighted by molar-refractivity contribution is 7.91. The maximum atomic E-state index is 12.0. The smallest absolute Gasteiger partial charge is 0.306 e. The second-order valence-electron chi connectivity index (χ2n) is 5.78. The van der Waals surface area contributed by atoms with Crippen LogP contribution in [0, 0.1) is 17.2 Å². The van der Waals surface area contributed by atoms with E-state index < -0.39 is 27.8 Å². The fraction of sp³-hybridized carbons (Fsp3) is 0.438. The molecule has 1 fully saturated rings. The maximum absolute atomic E-state index is 12.0. The van der Waals surface area contributed by atoms with Crippen LogP contribution in [0.3, 0.4) is 0 Å². The molecule has 0 radical (unpaired) electrons. The van der Waals surface area contributed by atoms with Gasteiger partial charge in [0.1, 0.15) is 0 Å². The first-order valence-corrected chi connectivity index (χ1v) is 9.32. The molecule has 24 heavy (non-hydrogen) atoms. The molecule has 0 unspecified atom stereocenters. The van der Waals surface area contributed by atoms with Gasteiger partial charge in [-0.15, -0.1) is 0 Å². The van der Waals surface area contributed by atoms with Crippen LogP contribution < -0.4 is 5.32 Å². The third-order valence-corrected chi connectivity index (χ3v) is 5.58. The summed E-state index contributed by atoms with van der Waals surface area (Å²) in [5.41, 5.74) is 0.961. The van der Waals surface area contributed by atoms with Gasteiger partial charge in [-0.05, 0) is 43.5 Å². The number of carbonyl (C=O) groups is 2. The van der Waals surface area contributed by atoms with Crippen molar-refractivity contribution >= 4 is 27.4 Å². The van der Waals surface area contributed by atoms with Crippen molar-refractivity contribution in [2.75, 3.05) is 16.8 Å². The van der Waals surface area contributed by atoms with Crippen molar-refractivity contribution in [2.45, 2.75) is 25.9 Å². The first kappa shape index (κ1) is 17.9. The van der Waals surface area contributed by atoms with E-state index in [1.807, 2.05) is 6.07 Å². The predicted octanol–water partition coefficient (Wildman–Crippen LogP) is 1.25. The predicted molar refractivity (Wildman–Crippen MR) is 86.7 cm³/mol. The van der Waals surface area contributed by atoms with Crippen molar-refractivity contribution in [1.29, 1.82) is 5.26 Å². The molecule has 0 bridgehead atoms. The lowest BCUT2D eigenvalue weighted by atomic mass is 10.1. The second-order valence-corrected chi connectivity index (χ2v) is 8.01. The summed E-state index contributed by atoms with van der Waals surface area (Å²) in [5, 5.41) is 11.3. The molecule has 0 aliphatic carbocycles. The fourth-order valence-corrected chi connectivity index (χ4v) is 4.30. The van der Waals surface area contributed by atoms with E-state index in [2.05, 4.69) is 5.32 Å². The van der Waals surface area contributed by atoms with E-state index in [-0.39, 0.29) is 23.8 Å². The van der Waals surface area contributed by atoms with E-state index in [0.717, 1.165) is 0 Å². The zero-order valence-corrected chi connectivity index (χ0v) is 14.0. The van der Waals surface area contributed by atoms with Gasteiger partial charge in [-0.25, -0.2) is 8.42 Å². The molecule has 1 saturated heterocycles. The van der Waals surface area contributed by atoms with Gasteiger partial charge < -0.3 is 10.1 Å². The topological polar surface area (TPSA) is 113 Å². The highest BCUT2D eigenvalue weighted by Crippen LogP contribution is 2.22. The average molecular weight is 350 g/mol. The van der Waals surface area contributed by atoms with Crippen molar-refractivity contribution in [3.8, 4) is 6.07 Å². The number of nitriles is 1. The van der Waals surface area contributed by atoms with Gasteiger partial charge in [0.2, 0.25) is 0 Å². The third-order valence-electron chi connectivity index (χ3n) is 3.74. The number of anilines is 1. The van der Waals surface area contributed by atoms with Crippen LogP contribution in [0.1, 0.15) is 25.3 Å². The molecule has 128 valence electrons. The number of carbonyl (C=O) groups excluding carboxylic acids is 2. The molecular formula is C16H18N2O5S. The fourth-order valence-electron chi connectivity index (χ4n) is 2.44. The first-order valence-electron chi connectivity index (χ1n) is 7.50. The zero-order chi connectivity index (χ0) is 17.7. The van der Waals surface area contributed by atoms with E-state index in [4.69, 9.17) is 10.00 Å². The van der Waals surface area contributed by atoms with Crippen LogP contribution >= 0.6 is 0 Å². The van der Waals surface area contributed by atoms with Crippen LogP contribution in [-0.4, -0.2) is 37.9 Å². The van der Waals surface area contributed by atoms with Crippen LogP contribution in [0.25, 0.3) is 0 Å². The highest BCUT2D eigenvalue weighted by Gasteiger charge is 2.30. The summed E-state index contributed by atoms with van der Waals surface area (Å²) in [4.78, 5) is 23.8. The van der Waals surface area contributed by atoms with Gasteiger partial charge in [-0.1, -0.05) is 0 Å². The third kappa shape index (κ3) is 5.06. The number of nitrogens with one attached hydrogen (secondary N) is 1. The first-order chi connectivity index (χ1) is 11.3. The van der Waals surface area contributed by atoms with Crippen LogP contribution in [0.5, 0.6) is 0 Å². The Balaban J connectivity index is 1.82. The number of sulfone groups is 1. The van der Waals surface area contributed by atoms with Gasteiger partial charge in [0.25, 0.3) is 5.91 Å². The summed E-state index contributed by atoms with van der Waals surface area (Å²) >= 11 is 0. The summed E-state index contributed by atoms with van der Waals surface area (Å²) in [7, 11) is -3.04. The van der Waals surface area contributed by atoms with E-state index >= 15 is 0 Å². The molecule has 2 rings (SSSR count). The minimum Gasteiger partial charge on any atom is -0.453 e. The molecule has 1 aliphatic rings. The number of ether oxygens (including phenoxy) is 1. The highest BCUT2D eigenvalue weighted by atomic mass is 32.2. The van der Waals surface area contributed by atoms with Crippen LogP contribution in [0.2, 0.25) is 0 Å². The van der Waals surface area contributed by atoms with Crippen molar-refractivity contribution in [2.24, 2.45) is 5.92 Å². The Kier molecular flexibility index (Phi) is 5.57. The van der Waals surface area contributed by atoms with Crippen LogP contribution in [-0.2, 0) is 24.2 Å². The zero-order valence-electron chi connectivity index (χ0n) is 13.2. The molecule has 1 amide bonds. The van der Waals surface area contributed by atoms with Crippen LogP contribution in [0.15, 0.2) is 24.3 Å². The minimum absolute atomic E-state index is 0.00603. The normalized spacial score (nSPS) is 19.9.